The maximum Gasteiger partial charge on any atom is 0.405 e. The summed E-state index contributed by atoms with van der Waals surface area (Å²) in [5.41, 5.74) is 3.45. The van der Waals surface area contributed by atoms with E-state index in [0.717, 1.165) is 33.8 Å². The standard InChI is InChI=1S/C47H61N7O7/c1-30-14-12-17-34(48-30)29-53-24-25-54(45(53)60)41(47(5,6)7)43(57)51-37(27-31-15-10-9-11-16-31)38(55)28-35(49-42(56)40(46(2,3)4)52-44(58)59)26-32-20-22-33(23-21-32)36-18-13-19-39(50-36)61-8/h9-23,35,37-38,40-41,52,55H,24-29H2,1-8H3,(H,49,56)(H,51,57)(H,58,59). The number of ether oxygens (including phenoxy) is 1. The number of carbonyl (C=O) groups is 4. The van der Waals surface area contributed by atoms with E-state index in [2.05, 4.69) is 25.9 Å². The first-order valence-corrected chi connectivity index (χ1v) is 20.7. The molecule has 5 unspecified atom stereocenters. The predicted molar refractivity (Wildman–Crippen MR) is 234 cm³/mol. The Labute approximate surface area is 359 Å². The Morgan fingerprint density at radius 2 is 1.44 bits per heavy atom. The highest BCUT2D eigenvalue weighted by atomic mass is 16.5. The molecule has 14 heteroatoms. The fourth-order valence-electron chi connectivity index (χ4n) is 7.80. The number of amides is 5. The normalized spacial score (nSPS) is 15.7. The van der Waals surface area contributed by atoms with E-state index in [1.807, 2.05) is 113 Å². The quantitative estimate of drug-likeness (QED) is 0.0851. The van der Waals surface area contributed by atoms with Crippen LogP contribution in [0.4, 0.5) is 9.59 Å². The van der Waals surface area contributed by atoms with Crippen LogP contribution < -0.4 is 20.7 Å². The van der Waals surface area contributed by atoms with Gasteiger partial charge in [-0.15, -0.1) is 0 Å². The molecule has 5 N–H and O–H groups in total. The number of carboxylic acid groups (broad SMARTS) is 1. The van der Waals surface area contributed by atoms with Gasteiger partial charge in [-0.2, -0.15) is 0 Å². The number of hydrogen-bond donors (Lipinski definition) is 5. The summed E-state index contributed by atoms with van der Waals surface area (Å²) < 4.78 is 5.30. The number of nitrogens with one attached hydrogen (secondary N) is 3. The Balaban J connectivity index is 1.42. The molecule has 1 aliphatic heterocycles. The molecule has 5 atom stereocenters. The number of carbonyl (C=O) groups excluding carboxylic acids is 3. The molecule has 5 amide bonds. The molecule has 0 saturated carbocycles. The predicted octanol–water partition coefficient (Wildman–Crippen LogP) is 6.00. The fraction of sp³-hybridized carbons (Fsp3) is 0.447. The summed E-state index contributed by atoms with van der Waals surface area (Å²) in [4.78, 5) is 66.7. The van der Waals surface area contributed by atoms with Crippen LogP contribution in [-0.4, -0.2) is 104 Å². The number of hydrogen-bond acceptors (Lipinski definition) is 8. The Morgan fingerprint density at radius 1 is 0.770 bits per heavy atom. The molecule has 2 aromatic carbocycles. The molecule has 1 saturated heterocycles. The average molecular weight is 836 g/mol. The molecule has 0 spiro atoms. The minimum atomic E-state index is -1.33. The minimum absolute atomic E-state index is 0.00669. The highest BCUT2D eigenvalue weighted by Crippen LogP contribution is 2.30. The summed E-state index contributed by atoms with van der Waals surface area (Å²) in [5, 5.41) is 30.4. The summed E-state index contributed by atoms with van der Waals surface area (Å²) >= 11 is 0. The molecule has 0 radical (unpaired) electrons. The van der Waals surface area contributed by atoms with Crippen molar-refractivity contribution in [2.45, 2.75) is 105 Å². The first-order chi connectivity index (χ1) is 28.8. The summed E-state index contributed by atoms with van der Waals surface area (Å²) in [6.07, 6.45) is -1.97. The number of urea groups is 1. The maximum absolute atomic E-state index is 14.6. The van der Waals surface area contributed by atoms with Crippen molar-refractivity contribution in [3.05, 3.63) is 114 Å². The van der Waals surface area contributed by atoms with E-state index in [1.165, 1.54) is 0 Å². The molecular formula is C47H61N7O7. The Bertz CT molecular complexity index is 2120. The van der Waals surface area contributed by atoms with E-state index in [1.54, 1.807) is 43.7 Å². The van der Waals surface area contributed by atoms with Gasteiger partial charge in [-0.25, -0.2) is 14.6 Å². The summed E-state index contributed by atoms with van der Waals surface area (Å²) in [7, 11) is 1.56. The summed E-state index contributed by atoms with van der Waals surface area (Å²) in [5.74, 6) is -0.465. The molecule has 1 fully saturated rings. The van der Waals surface area contributed by atoms with E-state index < -0.39 is 59.0 Å². The van der Waals surface area contributed by atoms with Crippen molar-refractivity contribution < 1.29 is 34.1 Å². The molecule has 326 valence electrons. The summed E-state index contributed by atoms with van der Waals surface area (Å²) in [6.45, 7) is 14.0. The average Bonchev–Trinajstić information content (AvgIpc) is 3.54. The van der Waals surface area contributed by atoms with Crippen LogP contribution in [0.25, 0.3) is 11.3 Å². The summed E-state index contributed by atoms with van der Waals surface area (Å²) in [6, 6.07) is 24.6. The molecule has 0 bridgehead atoms. The van der Waals surface area contributed by atoms with Crippen LogP contribution in [-0.2, 0) is 29.0 Å². The Hall–Kier alpha value is -6.02. The lowest BCUT2D eigenvalue weighted by molar-refractivity contribution is -0.131. The number of methoxy groups -OCH3 is 1. The number of aryl methyl sites for hydroxylation is 1. The Kier molecular flexibility index (Phi) is 15.1. The van der Waals surface area contributed by atoms with E-state index in [0.29, 0.717) is 25.5 Å². The largest absolute Gasteiger partial charge is 0.481 e. The SMILES string of the molecule is COc1cccc(-c2ccc(CC(CC(O)C(Cc3ccccc3)NC(=O)C(N3CCN(Cc4cccc(C)n4)C3=O)C(C)(C)C)NC(=O)C(NC(=O)O)C(C)(C)C)cc2)n1. The molecular weight excluding hydrogens is 775 g/mol. The van der Waals surface area contributed by atoms with Gasteiger partial charge in [0.25, 0.3) is 0 Å². The number of pyridine rings is 2. The molecule has 61 heavy (non-hydrogen) atoms. The first kappa shape index (κ1) is 46.1. The third kappa shape index (κ3) is 12.7. The van der Waals surface area contributed by atoms with Gasteiger partial charge in [-0.3, -0.25) is 14.6 Å². The molecule has 0 aliphatic carbocycles. The van der Waals surface area contributed by atoms with Crippen molar-refractivity contribution in [3.63, 3.8) is 0 Å². The lowest BCUT2D eigenvalue weighted by Crippen LogP contribution is -2.59. The first-order valence-electron chi connectivity index (χ1n) is 20.7. The topological polar surface area (TPSA) is 186 Å². The van der Waals surface area contributed by atoms with Gasteiger partial charge in [-0.05, 0) is 66.3 Å². The molecule has 14 nitrogen and oxygen atoms in total. The third-order valence-electron chi connectivity index (χ3n) is 10.8. The zero-order chi connectivity index (χ0) is 44.5. The van der Waals surface area contributed by atoms with Crippen LogP contribution in [0, 0.1) is 17.8 Å². The highest BCUT2D eigenvalue weighted by Gasteiger charge is 2.44. The fourth-order valence-corrected chi connectivity index (χ4v) is 7.80. The van der Waals surface area contributed by atoms with Crippen LogP contribution in [0.1, 0.15) is 70.5 Å². The lowest BCUT2D eigenvalue weighted by Gasteiger charge is -2.38. The van der Waals surface area contributed by atoms with Gasteiger partial charge in [0.15, 0.2) is 0 Å². The maximum atomic E-state index is 14.6. The van der Waals surface area contributed by atoms with Crippen LogP contribution in [0.3, 0.4) is 0 Å². The van der Waals surface area contributed by atoms with E-state index >= 15 is 0 Å². The van der Waals surface area contributed by atoms with Crippen LogP contribution in [0.2, 0.25) is 0 Å². The van der Waals surface area contributed by atoms with Gasteiger partial charge in [0.05, 0.1) is 37.2 Å². The van der Waals surface area contributed by atoms with Crippen LogP contribution >= 0.6 is 0 Å². The number of benzene rings is 2. The molecule has 2 aromatic heterocycles. The van der Waals surface area contributed by atoms with Gasteiger partial charge in [0, 0.05) is 36.5 Å². The monoisotopic (exact) mass is 835 g/mol. The van der Waals surface area contributed by atoms with Crippen LogP contribution in [0.15, 0.2) is 91.0 Å². The van der Waals surface area contributed by atoms with Crippen molar-refractivity contribution in [3.8, 4) is 17.1 Å². The van der Waals surface area contributed by atoms with Crippen molar-refractivity contribution >= 4 is 23.9 Å². The number of rotatable bonds is 17. The minimum Gasteiger partial charge on any atom is -0.481 e. The number of aliphatic hydroxyl groups excluding tert-OH is 1. The molecule has 5 rings (SSSR count). The van der Waals surface area contributed by atoms with E-state index in [-0.39, 0.29) is 25.3 Å². The zero-order valence-electron chi connectivity index (χ0n) is 36.5. The molecule has 3 heterocycles. The van der Waals surface area contributed by atoms with Gasteiger partial charge >= 0.3 is 12.1 Å². The van der Waals surface area contributed by atoms with Crippen molar-refractivity contribution in [2.75, 3.05) is 20.2 Å². The zero-order valence-corrected chi connectivity index (χ0v) is 36.5. The van der Waals surface area contributed by atoms with Crippen molar-refractivity contribution in [2.24, 2.45) is 10.8 Å². The van der Waals surface area contributed by atoms with Gasteiger partial charge in [0.1, 0.15) is 12.1 Å². The van der Waals surface area contributed by atoms with Crippen molar-refractivity contribution in [1.29, 1.82) is 0 Å². The van der Waals surface area contributed by atoms with E-state index in [4.69, 9.17) is 4.74 Å². The second kappa shape index (κ2) is 20.0. The second-order valence-corrected chi connectivity index (χ2v) is 18.0. The number of aromatic nitrogens is 2. The molecule has 1 aliphatic rings. The van der Waals surface area contributed by atoms with Gasteiger partial charge < -0.3 is 40.7 Å². The highest BCUT2D eigenvalue weighted by molar-refractivity contribution is 5.89. The van der Waals surface area contributed by atoms with Gasteiger partial charge in [-0.1, -0.05) is 108 Å². The molecule has 4 aromatic rings. The number of aliphatic hydroxyl groups is 1. The van der Waals surface area contributed by atoms with Crippen LogP contribution in [0.5, 0.6) is 5.88 Å². The van der Waals surface area contributed by atoms with Gasteiger partial charge in [0.2, 0.25) is 17.7 Å². The lowest BCUT2D eigenvalue weighted by atomic mass is 9.84. The Morgan fingerprint density at radius 3 is 2.07 bits per heavy atom. The smallest absolute Gasteiger partial charge is 0.405 e. The third-order valence-corrected chi connectivity index (χ3v) is 10.8. The van der Waals surface area contributed by atoms with Crippen molar-refractivity contribution in [1.82, 2.24) is 35.7 Å². The number of nitrogens with zero attached hydrogens (tertiary/aromatic N) is 4. The second-order valence-electron chi connectivity index (χ2n) is 18.0. The van der Waals surface area contributed by atoms with E-state index in [9.17, 15) is 29.4 Å².